The number of halogens is 2. The lowest BCUT2D eigenvalue weighted by Gasteiger charge is -2.39. The van der Waals surface area contributed by atoms with Crippen LogP contribution in [0.25, 0.3) is 16.6 Å². The number of aliphatic imine (C=N–C) groups is 1. The van der Waals surface area contributed by atoms with Crippen LogP contribution in [0.5, 0.6) is 0 Å². The molecule has 11 nitrogen and oxygen atoms in total. The number of carbonyl (C=O) groups excluding carboxylic acids is 1. The summed E-state index contributed by atoms with van der Waals surface area (Å²) < 4.78 is 15.8. The van der Waals surface area contributed by atoms with Gasteiger partial charge in [-0.3, -0.25) is 5.32 Å². The number of nitrogens with one attached hydrogen (secondary N) is 3. The molecule has 2 aliphatic rings. The van der Waals surface area contributed by atoms with Gasteiger partial charge in [-0.05, 0) is 69.4 Å². The number of benzene rings is 1. The molecule has 0 unspecified atom stereocenters. The third kappa shape index (κ3) is 6.12. The third-order valence-corrected chi connectivity index (χ3v) is 10.1. The fraction of sp³-hybridized carbons (Fsp3) is 0.394. The first-order valence-electron chi connectivity index (χ1n) is 15.3. The van der Waals surface area contributed by atoms with Gasteiger partial charge in [0.15, 0.2) is 0 Å². The SMILES string of the molecule is Cc1cc(NC(=O)NCC2(O)CC2)ncc1-c1cc2c(N[C@@H]3CC[C@](C)(N)C3(C)C)c(C(N)=Nc3cc(F)ccc3Cl)cnn2c1. The Morgan fingerprint density at radius 1 is 1.20 bits per heavy atom. The Hall–Kier alpha value is -4.26. The van der Waals surface area contributed by atoms with Crippen molar-refractivity contribution in [3.8, 4) is 11.1 Å². The lowest BCUT2D eigenvalue weighted by atomic mass is 9.75. The van der Waals surface area contributed by atoms with Crippen LogP contribution in [0.1, 0.15) is 57.6 Å². The summed E-state index contributed by atoms with van der Waals surface area (Å²) in [6.45, 7) is 8.52. The summed E-state index contributed by atoms with van der Waals surface area (Å²) in [7, 11) is 0. The predicted octanol–water partition coefficient (Wildman–Crippen LogP) is 5.50. The highest BCUT2D eigenvalue weighted by molar-refractivity contribution is 6.33. The molecule has 2 fully saturated rings. The first kappa shape index (κ1) is 31.7. The van der Waals surface area contributed by atoms with E-state index in [9.17, 15) is 14.3 Å². The number of pyridine rings is 1. The van der Waals surface area contributed by atoms with Crippen molar-refractivity contribution in [3.63, 3.8) is 0 Å². The van der Waals surface area contributed by atoms with Gasteiger partial charge in [-0.25, -0.2) is 23.7 Å². The molecule has 0 spiro atoms. The molecule has 8 N–H and O–H groups in total. The van der Waals surface area contributed by atoms with Crippen LogP contribution in [-0.2, 0) is 0 Å². The van der Waals surface area contributed by atoms with E-state index >= 15 is 0 Å². The van der Waals surface area contributed by atoms with E-state index in [1.54, 1.807) is 23.0 Å². The number of urea groups is 1. The van der Waals surface area contributed by atoms with Gasteiger partial charge >= 0.3 is 6.03 Å². The molecule has 242 valence electrons. The van der Waals surface area contributed by atoms with Gasteiger partial charge in [0.2, 0.25) is 0 Å². The fourth-order valence-electron chi connectivity index (χ4n) is 5.92. The number of aryl methyl sites for hydroxylation is 1. The molecular formula is C33H39ClFN9O2. The maximum Gasteiger partial charge on any atom is 0.320 e. The number of nitrogens with two attached hydrogens (primary N) is 2. The number of fused-ring (bicyclic) bond motifs is 1. The van der Waals surface area contributed by atoms with E-state index in [1.165, 1.54) is 18.2 Å². The van der Waals surface area contributed by atoms with Gasteiger partial charge in [-0.2, -0.15) is 5.10 Å². The van der Waals surface area contributed by atoms with Gasteiger partial charge in [0.25, 0.3) is 0 Å². The van der Waals surface area contributed by atoms with Crippen LogP contribution in [0.3, 0.4) is 0 Å². The molecular weight excluding hydrogens is 609 g/mol. The molecule has 0 aliphatic heterocycles. The maximum atomic E-state index is 14.0. The zero-order valence-corrected chi connectivity index (χ0v) is 27.0. The highest BCUT2D eigenvalue weighted by Crippen LogP contribution is 2.46. The van der Waals surface area contributed by atoms with Crippen LogP contribution < -0.4 is 27.4 Å². The second-order valence-corrected chi connectivity index (χ2v) is 13.8. The molecule has 3 heterocycles. The second-order valence-electron chi connectivity index (χ2n) is 13.4. The lowest BCUT2D eigenvalue weighted by Crippen LogP contribution is -2.51. The molecule has 4 aromatic rings. The number of amides is 2. The van der Waals surface area contributed by atoms with Crippen molar-refractivity contribution in [2.75, 3.05) is 17.2 Å². The number of hydrogen-bond acceptors (Lipinski definition) is 7. The van der Waals surface area contributed by atoms with Crippen molar-refractivity contribution in [1.29, 1.82) is 0 Å². The van der Waals surface area contributed by atoms with Crippen molar-refractivity contribution < 1.29 is 14.3 Å². The molecule has 1 aromatic carbocycles. The summed E-state index contributed by atoms with van der Waals surface area (Å²) in [4.78, 5) is 21.3. The number of aliphatic hydroxyl groups is 1. The summed E-state index contributed by atoms with van der Waals surface area (Å²) >= 11 is 6.31. The highest BCUT2D eigenvalue weighted by atomic mass is 35.5. The Bertz CT molecular complexity index is 1870. The summed E-state index contributed by atoms with van der Waals surface area (Å²) in [6, 6.07) is 7.30. The van der Waals surface area contributed by atoms with Crippen LogP contribution in [0.2, 0.25) is 5.02 Å². The van der Waals surface area contributed by atoms with Crippen LogP contribution in [0.15, 0.2) is 53.9 Å². The number of anilines is 2. The van der Waals surface area contributed by atoms with E-state index < -0.39 is 17.4 Å². The number of rotatable bonds is 8. The van der Waals surface area contributed by atoms with Crippen molar-refractivity contribution >= 4 is 46.2 Å². The lowest BCUT2D eigenvalue weighted by molar-refractivity contribution is 0.149. The highest BCUT2D eigenvalue weighted by Gasteiger charge is 2.49. The van der Waals surface area contributed by atoms with Crippen molar-refractivity contribution in [1.82, 2.24) is 19.9 Å². The molecule has 2 saturated carbocycles. The minimum Gasteiger partial charge on any atom is -0.388 e. The zero-order valence-electron chi connectivity index (χ0n) is 26.3. The smallest absolute Gasteiger partial charge is 0.320 e. The third-order valence-electron chi connectivity index (χ3n) is 9.74. The Balaban J connectivity index is 1.36. The predicted molar refractivity (Wildman–Crippen MR) is 179 cm³/mol. The molecule has 0 bridgehead atoms. The molecule has 2 aliphatic carbocycles. The minimum absolute atomic E-state index is 0.0110. The molecule has 2 atom stereocenters. The Morgan fingerprint density at radius 3 is 2.63 bits per heavy atom. The fourth-order valence-corrected chi connectivity index (χ4v) is 6.08. The van der Waals surface area contributed by atoms with Crippen molar-refractivity contribution in [3.05, 3.63) is 70.9 Å². The van der Waals surface area contributed by atoms with E-state index in [1.807, 2.05) is 19.2 Å². The van der Waals surface area contributed by atoms with E-state index in [0.29, 0.717) is 29.9 Å². The molecule has 6 rings (SSSR count). The number of aromatic nitrogens is 3. The standard InChI is InChI=1S/C33H39ClFN9O2/c1-18-11-27(43-30(45)39-17-33(46)9-10-33)38-14-21(18)19-12-25-28(42-26-7-8-32(4,37)31(26,2)3)22(15-40-44(25)16-19)29(36)41-24-13-20(35)5-6-23(24)34/h5-6,11-16,26,42,46H,7-10,17,37H2,1-4H3,(H2,36,41)(H2,38,39,43,45)/t26-,32+/m1/s1. The first-order chi connectivity index (χ1) is 21.7. The van der Waals surface area contributed by atoms with Crippen LogP contribution in [0, 0.1) is 18.2 Å². The van der Waals surface area contributed by atoms with Gasteiger partial charge in [0.1, 0.15) is 17.5 Å². The zero-order chi connectivity index (χ0) is 33.0. The summed E-state index contributed by atoms with van der Waals surface area (Å²) in [5.74, 6) is 0.0393. The van der Waals surface area contributed by atoms with Gasteiger partial charge in [-0.1, -0.05) is 25.4 Å². The summed E-state index contributed by atoms with van der Waals surface area (Å²) in [6.07, 6.45) is 8.28. The van der Waals surface area contributed by atoms with E-state index in [0.717, 1.165) is 35.0 Å². The second kappa shape index (κ2) is 11.5. The molecule has 46 heavy (non-hydrogen) atoms. The maximum absolute atomic E-state index is 14.0. The number of nitrogens with zero attached hydrogens (tertiary/aromatic N) is 4. The van der Waals surface area contributed by atoms with E-state index in [-0.39, 0.29) is 40.1 Å². The topological polar surface area (TPSA) is 168 Å². The molecule has 0 radical (unpaired) electrons. The average Bonchev–Trinajstić information content (AvgIpc) is 3.50. The van der Waals surface area contributed by atoms with Gasteiger partial charge in [0.05, 0.1) is 39.3 Å². The van der Waals surface area contributed by atoms with Crippen molar-refractivity contribution in [2.45, 2.75) is 70.6 Å². The number of amidine groups is 1. The average molecular weight is 648 g/mol. The number of carbonyl (C=O) groups is 1. The normalized spacial score (nSPS) is 21.7. The Morgan fingerprint density at radius 2 is 1.96 bits per heavy atom. The van der Waals surface area contributed by atoms with Crippen LogP contribution in [-0.4, -0.2) is 55.3 Å². The largest absolute Gasteiger partial charge is 0.388 e. The van der Waals surface area contributed by atoms with E-state index in [2.05, 4.69) is 51.8 Å². The molecule has 3 aromatic heterocycles. The Labute approximate surface area is 271 Å². The summed E-state index contributed by atoms with van der Waals surface area (Å²) in [5.41, 5.74) is 16.6. The first-order valence-corrected chi connectivity index (χ1v) is 15.6. The van der Waals surface area contributed by atoms with Crippen molar-refractivity contribution in [2.24, 2.45) is 21.9 Å². The molecule has 13 heteroatoms. The molecule has 0 saturated heterocycles. The quantitative estimate of drug-likeness (QED) is 0.108. The Kier molecular flexibility index (Phi) is 7.94. The number of hydrogen-bond donors (Lipinski definition) is 6. The molecule has 2 amide bonds. The van der Waals surface area contributed by atoms with Gasteiger partial charge < -0.3 is 27.2 Å². The van der Waals surface area contributed by atoms with Crippen LogP contribution >= 0.6 is 11.6 Å². The summed E-state index contributed by atoms with van der Waals surface area (Å²) in [5, 5.41) is 24.0. The van der Waals surface area contributed by atoms with E-state index in [4.69, 9.17) is 23.1 Å². The monoisotopic (exact) mass is 647 g/mol. The van der Waals surface area contributed by atoms with Gasteiger partial charge in [0, 0.05) is 53.1 Å². The van der Waals surface area contributed by atoms with Gasteiger partial charge in [-0.15, -0.1) is 0 Å². The van der Waals surface area contributed by atoms with Crippen LogP contribution in [0.4, 0.5) is 26.4 Å². The minimum atomic E-state index is -0.788.